The molecule has 0 aliphatic rings. The highest BCUT2D eigenvalue weighted by Crippen LogP contribution is 2.36. The largest absolute Gasteiger partial charge is 0.256 e. The van der Waals surface area contributed by atoms with Crippen LogP contribution >= 0.6 is 23.2 Å². The minimum Gasteiger partial charge on any atom is -0.256 e. The molecule has 0 saturated carbocycles. The van der Waals surface area contributed by atoms with Crippen molar-refractivity contribution < 1.29 is 0 Å². The number of halogens is 2. The zero-order valence-corrected chi connectivity index (χ0v) is 11.3. The van der Waals surface area contributed by atoms with Crippen molar-refractivity contribution in [3.05, 3.63) is 51.6 Å². The van der Waals surface area contributed by atoms with Crippen molar-refractivity contribution >= 4 is 23.2 Å². The molecule has 0 saturated heterocycles. The number of pyridine rings is 1. The molecule has 0 amide bonds. The van der Waals surface area contributed by atoms with Gasteiger partial charge in [-0.05, 0) is 36.2 Å². The molecule has 0 aliphatic carbocycles. The third-order valence-electron chi connectivity index (χ3n) is 2.75. The summed E-state index contributed by atoms with van der Waals surface area (Å²) in [5.74, 6) is 0. The van der Waals surface area contributed by atoms with Crippen LogP contribution < -0.4 is 0 Å². The van der Waals surface area contributed by atoms with Gasteiger partial charge in [-0.1, -0.05) is 29.3 Å². The summed E-state index contributed by atoms with van der Waals surface area (Å²) in [6, 6.07) is 9.34. The van der Waals surface area contributed by atoms with Gasteiger partial charge in [0.25, 0.3) is 0 Å². The topological polar surface area (TPSA) is 36.7 Å². The molecule has 0 fully saturated rings. The van der Waals surface area contributed by atoms with Crippen LogP contribution in [0.4, 0.5) is 0 Å². The minimum atomic E-state index is 0.288. The van der Waals surface area contributed by atoms with Crippen molar-refractivity contribution in [3.8, 4) is 17.3 Å². The summed E-state index contributed by atoms with van der Waals surface area (Å²) >= 11 is 12.4. The molecule has 0 spiro atoms. The Kier molecular flexibility index (Phi) is 3.86. The fraction of sp³-hybridized carbons (Fsp3) is 0.143. The molecule has 0 aliphatic heterocycles. The first-order chi connectivity index (χ1) is 8.65. The highest BCUT2D eigenvalue weighted by molar-refractivity contribution is 6.39. The molecule has 90 valence electrons. The van der Waals surface area contributed by atoms with Gasteiger partial charge in [-0.3, -0.25) is 4.98 Å². The maximum Gasteiger partial charge on any atom is 0.0777 e. The van der Waals surface area contributed by atoms with E-state index in [1.165, 1.54) is 0 Å². The third kappa shape index (κ3) is 2.33. The molecule has 4 heteroatoms. The zero-order valence-electron chi connectivity index (χ0n) is 9.74. The summed E-state index contributed by atoms with van der Waals surface area (Å²) in [4.78, 5) is 4.33. The molecule has 18 heavy (non-hydrogen) atoms. The number of benzene rings is 1. The smallest absolute Gasteiger partial charge is 0.0777 e. The van der Waals surface area contributed by atoms with E-state index in [9.17, 15) is 0 Å². The fourth-order valence-corrected chi connectivity index (χ4v) is 2.41. The number of rotatable bonds is 2. The quantitative estimate of drug-likeness (QED) is 0.814. The Morgan fingerprint density at radius 3 is 2.50 bits per heavy atom. The van der Waals surface area contributed by atoms with Crippen LogP contribution in [0.15, 0.2) is 30.5 Å². The highest BCUT2D eigenvalue weighted by atomic mass is 35.5. The van der Waals surface area contributed by atoms with Crippen LogP contribution in [0, 0.1) is 18.3 Å². The summed E-state index contributed by atoms with van der Waals surface area (Å²) in [6.07, 6.45) is 1.99. The Morgan fingerprint density at radius 2 is 1.89 bits per heavy atom. The molecule has 0 unspecified atom stereocenters. The van der Waals surface area contributed by atoms with Crippen molar-refractivity contribution in [2.75, 3.05) is 0 Å². The second-order valence-electron chi connectivity index (χ2n) is 3.89. The van der Waals surface area contributed by atoms with Crippen LogP contribution in [0.25, 0.3) is 11.3 Å². The second-order valence-corrected chi connectivity index (χ2v) is 4.70. The van der Waals surface area contributed by atoms with Crippen molar-refractivity contribution in [1.82, 2.24) is 4.98 Å². The Hall–Kier alpha value is -1.56. The molecule has 0 N–H and O–H groups in total. The van der Waals surface area contributed by atoms with Gasteiger partial charge in [0.05, 0.1) is 28.2 Å². The molecule has 2 rings (SSSR count). The zero-order chi connectivity index (χ0) is 13.1. The van der Waals surface area contributed by atoms with Gasteiger partial charge >= 0.3 is 0 Å². The summed E-state index contributed by atoms with van der Waals surface area (Å²) in [6.45, 7) is 1.95. The molecule has 0 bridgehead atoms. The van der Waals surface area contributed by atoms with Gasteiger partial charge < -0.3 is 0 Å². The van der Waals surface area contributed by atoms with Gasteiger partial charge in [0.1, 0.15) is 0 Å². The summed E-state index contributed by atoms with van der Waals surface area (Å²) in [5, 5.41) is 9.99. The highest BCUT2D eigenvalue weighted by Gasteiger charge is 2.15. The van der Waals surface area contributed by atoms with Gasteiger partial charge in [-0.25, -0.2) is 0 Å². The first kappa shape index (κ1) is 12.9. The van der Waals surface area contributed by atoms with E-state index in [0.717, 1.165) is 11.1 Å². The van der Waals surface area contributed by atoms with Gasteiger partial charge in [0.15, 0.2) is 0 Å². The van der Waals surface area contributed by atoms with E-state index in [4.69, 9.17) is 28.5 Å². The molecular formula is C14H10Cl2N2. The van der Waals surface area contributed by atoms with Gasteiger partial charge in [0, 0.05) is 11.8 Å². The van der Waals surface area contributed by atoms with Crippen molar-refractivity contribution in [2.45, 2.75) is 13.3 Å². The van der Waals surface area contributed by atoms with Crippen LogP contribution in [-0.4, -0.2) is 4.98 Å². The lowest BCUT2D eigenvalue weighted by Gasteiger charge is -2.11. The van der Waals surface area contributed by atoms with E-state index >= 15 is 0 Å². The second kappa shape index (κ2) is 5.39. The molecule has 1 aromatic carbocycles. The first-order valence-electron chi connectivity index (χ1n) is 5.41. The Balaban J connectivity index is 2.72. The van der Waals surface area contributed by atoms with E-state index in [-0.39, 0.29) is 6.42 Å². The Labute approximate surface area is 116 Å². The average molecular weight is 277 g/mol. The maximum atomic E-state index is 8.91. The van der Waals surface area contributed by atoms with Crippen LogP contribution in [0.1, 0.15) is 11.1 Å². The van der Waals surface area contributed by atoms with Crippen molar-refractivity contribution in [3.63, 3.8) is 0 Å². The van der Waals surface area contributed by atoms with Crippen LogP contribution in [-0.2, 0) is 6.42 Å². The normalized spacial score (nSPS) is 10.1. The predicted octanol–water partition coefficient (Wildman–Crippen LogP) is 4.43. The van der Waals surface area contributed by atoms with E-state index < -0.39 is 0 Å². The number of aromatic nitrogens is 1. The third-order valence-corrected chi connectivity index (χ3v) is 3.38. The van der Waals surface area contributed by atoms with E-state index in [2.05, 4.69) is 11.1 Å². The molecule has 2 nitrogen and oxygen atoms in total. The first-order valence-corrected chi connectivity index (χ1v) is 6.16. The number of hydrogen-bond acceptors (Lipinski definition) is 2. The van der Waals surface area contributed by atoms with E-state index in [0.29, 0.717) is 21.3 Å². The lowest BCUT2D eigenvalue weighted by molar-refractivity contribution is 1.15. The standard InChI is InChI=1S/C14H10Cl2N2/c1-9-6-8-18-14(10(9)5-7-17)13-11(15)3-2-4-12(13)16/h2-4,6,8H,5H2,1H3. The number of nitrogens with zero attached hydrogens (tertiary/aromatic N) is 2. The molecule has 1 aromatic heterocycles. The monoisotopic (exact) mass is 276 g/mol. The predicted molar refractivity (Wildman–Crippen MR) is 73.7 cm³/mol. The number of nitriles is 1. The summed E-state index contributed by atoms with van der Waals surface area (Å²) < 4.78 is 0. The van der Waals surface area contributed by atoms with E-state index in [1.54, 1.807) is 24.4 Å². The molecular weight excluding hydrogens is 267 g/mol. The number of hydrogen-bond donors (Lipinski definition) is 0. The maximum absolute atomic E-state index is 8.91. The molecule has 0 radical (unpaired) electrons. The van der Waals surface area contributed by atoms with Gasteiger partial charge in [-0.2, -0.15) is 5.26 Å². The van der Waals surface area contributed by atoms with Gasteiger partial charge in [-0.15, -0.1) is 0 Å². The van der Waals surface area contributed by atoms with E-state index in [1.807, 2.05) is 13.0 Å². The number of aryl methyl sites for hydroxylation is 1. The molecule has 2 aromatic rings. The van der Waals surface area contributed by atoms with Crippen LogP contribution in [0.5, 0.6) is 0 Å². The average Bonchev–Trinajstić information content (AvgIpc) is 2.33. The summed E-state index contributed by atoms with van der Waals surface area (Å²) in [7, 11) is 0. The molecule has 1 heterocycles. The van der Waals surface area contributed by atoms with Gasteiger partial charge in [0.2, 0.25) is 0 Å². The fourth-order valence-electron chi connectivity index (χ4n) is 1.83. The SMILES string of the molecule is Cc1ccnc(-c2c(Cl)cccc2Cl)c1CC#N. The van der Waals surface area contributed by atoms with Crippen LogP contribution in [0.2, 0.25) is 10.0 Å². The van der Waals surface area contributed by atoms with Crippen molar-refractivity contribution in [2.24, 2.45) is 0 Å². The Morgan fingerprint density at radius 1 is 1.22 bits per heavy atom. The Bertz CT molecular complexity index is 610. The van der Waals surface area contributed by atoms with Crippen molar-refractivity contribution in [1.29, 1.82) is 5.26 Å². The lowest BCUT2D eigenvalue weighted by Crippen LogP contribution is -1.97. The van der Waals surface area contributed by atoms with Crippen LogP contribution in [0.3, 0.4) is 0 Å². The summed E-state index contributed by atoms with van der Waals surface area (Å²) in [5.41, 5.74) is 3.26. The minimum absolute atomic E-state index is 0.288. The lowest BCUT2D eigenvalue weighted by atomic mass is 9.99. The molecule has 0 atom stereocenters.